The Bertz CT molecular complexity index is 1360. The Balaban J connectivity index is 1.75. The molecule has 2 atom stereocenters. The van der Waals surface area contributed by atoms with Crippen molar-refractivity contribution in [1.82, 2.24) is 0 Å². The molecule has 0 spiro atoms. The van der Waals surface area contributed by atoms with Gasteiger partial charge >= 0.3 is 5.97 Å². The number of piperidine rings is 1. The van der Waals surface area contributed by atoms with Crippen LogP contribution in [0.2, 0.25) is 0 Å². The normalized spacial score (nSPS) is 17.3. The van der Waals surface area contributed by atoms with E-state index in [2.05, 4.69) is 5.32 Å². The minimum Gasteiger partial charge on any atom is -0.478 e. The van der Waals surface area contributed by atoms with Gasteiger partial charge in [-0.15, -0.1) is 0 Å². The number of nitrogens with two attached hydrogens (primary N) is 1. The second kappa shape index (κ2) is 10.0. The number of anilines is 2. The Kier molecular flexibility index (Phi) is 6.91. The summed E-state index contributed by atoms with van der Waals surface area (Å²) in [4.78, 5) is 26.8. The molecule has 8 heteroatoms. The van der Waals surface area contributed by atoms with E-state index in [1.807, 2.05) is 30.9 Å². The number of aromatic carboxylic acids is 1. The van der Waals surface area contributed by atoms with E-state index in [1.165, 1.54) is 18.5 Å². The highest BCUT2D eigenvalue weighted by Crippen LogP contribution is 2.32. The highest BCUT2D eigenvalue weighted by molar-refractivity contribution is 5.94. The Morgan fingerprint density at radius 2 is 2.09 bits per heavy atom. The quantitative estimate of drug-likeness (QED) is 0.365. The van der Waals surface area contributed by atoms with Crippen molar-refractivity contribution >= 4 is 34.7 Å². The number of aryl methyl sites for hydroxylation is 1. The van der Waals surface area contributed by atoms with Gasteiger partial charge in [-0.05, 0) is 62.2 Å². The molecule has 5 N–H and O–H groups in total. The number of rotatable bonds is 7. The molecule has 0 bridgehead atoms. The maximum absolute atomic E-state index is 13.1. The van der Waals surface area contributed by atoms with Gasteiger partial charge in [-0.3, -0.25) is 4.79 Å². The van der Waals surface area contributed by atoms with E-state index in [0.717, 1.165) is 36.1 Å². The fourth-order valence-corrected chi connectivity index (χ4v) is 4.76. The third-order valence-electron chi connectivity index (χ3n) is 6.55. The summed E-state index contributed by atoms with van der Waals surface area (Å²) in [5.74, 6) is -0.437. The van der Waals surface area contributed by atoms with Gasteiger partial charge in [0.2, 0.25) is 0 Å². The van der Waals surface area contributed by atoms with E-state index in [4.69, 9.17) is 15.6 Å². The lowest BCUT2D eigenvalue weighted by molar-refractivity contribution is 0.0698. The first kappa shape index (κ1) is 24.1. The van der Waals surface area contributed by atoms with Crippen molar-refractivity contribution < 1.29 is 14.3 Å². The molecule has 0 amide bonds. The van der Waals surface area contributed by atoms with Crippen LogP contribution in [0.5, 0.6) is 0 Å². The van der Waals surface area contributed by atoms with E-state index < -0.39 is 5.97 Å². The summed E-state index contributed by atoms with van der Waals surface area (Å²) in [5.41, 5.74) is 9.18. The molecule has 4 rings (SSSR count). The topological polar surface area (TPSA) is 133 Å². The van der Waals surface area contributed by atoms with E-state index in [-0.39, 0.29) is 23.0 Å². The Hall–Kier alpha value is -4.07. The van der Waals surface area contributed by atoms with E-state index >= 15 is 0 Å². The minimum absolute atomic E-state index is 0.0952. The first-order chi connectivity index (χ1) is 16.8. The van der Waals surface area contributed by atoms with Crippen LogP contribution in [-0.4, -0.2) is 30.4 Å². The van der Waals surface area contributed by atoms with Gasteiger partial charge in [0.1, 0.15) is 5.58 Å². The standard InChI is InChI=1S/C27H30N4O4/c1-16-10-21(17(2)30-23-8-4-3-7-20(23)27(33)34)26-22(11-16)24(32)12-25(35-26)31-9-5-6-18(15-31)19(13-28)14-29/h3-4,7-8,10-14,17-18,28,30H,5-6,9,15,29H2,1-2H3,(H,33,34)/b19-14+,28-13?/t17-,18+/m1/s1. The Morgan fingerprint density at radius 1 is 1.31 bits per heavy atom. The van der Waals surface area contributed by atoms with Crippen LogP contribution in [0, 0.1) is 18.3 Å². The molecule has 0 saturated carbocycles. The molecular weight excluding hydrogens is 444 g/mol. The largest absolute Gasteiger partial charge is 0.478 e. The molecule has 1 aliphatic heterocycles. The van der Waals surface area contributed by atoms with Crippen molar-refractivity contribution in [1.29, 1.82) is 5.41 Å². The van der Waals surface area contributed by atoms with Crippen LogP contribution in [0.3, 0.4) is 0 Å². The molecule has 35 heavy (non-hydrogen) atoms. The predicted molar refractivity (Wildman–Crippen MR) is 139 cm³/mol. The molecule has 2 aromatic carbocycles. The van der Waals surface area contributed by atoms with Crippen molar-refractivity contribution in [2.75, 3.05) is 23.3 Å². The summed E-state index contributed by atoms with van der Waals surface area (Å²) in [6, 6.07) is 11.7. The number of benzene rings is 2. The lowest BCUT2D eigenvalue weighted by atomic mass is 9.91. The number of nitrogens with one attached hydrogen (secondary N) is 2. The average Bonchev–Trinajstić information content (AvgIpc) is 2.85. The first-order valence-electron chi connectivity index (χ1n) is 11.7. The molecule has 1 aromatic heterocycles. The van der Waals surface area contributed by atoms with Crippen molar-refractivity contribution in [3.63, 3.8) is 0 Å². The molecule has 0 radical (unpaired) electrons. The van der Waals surface area contributed by atoms with Crippen molar-refractivity contribution in [2.24, 2.45) is 11.7 Å². The van der Waals surface area contributed by atoms with E-state index in [0.29, 0.717) is 29.1 Å². The molecule has 3 aromatic rings. The lowest BCUT2D eigenvalue weighted by Crippen LogP contribution is -2.37. The predicted octanol–water partition coefficient (Wildman–Crippen LogP) is 4.68. The molecule has 1 aliphatic rings. The van der Waals surface area contributed by atoms with Gasteiger partial charge in [-0.1, -0.05) is 18.2 Å². The number of carboxylic acid groups (broad SMARTS) is 1. The van der Waals surface area contributed by atoms with Crippen LogP contribution in [-0.2, 0) is 0 Å². The van der Waals surface area contributed by atoms with Crippen molar-refractivity contribution in [3.05, 3.63) is 81.2 Å². The maximum Gasteiger partial charge on any atom is 0.337 e. The van der Waals surface area contributed by atoms with Gasteiger partial charge < -0.3 is 30.9 Å². The summed E-state index contributed by atoms with van der Waals surface area (Å²) in [7, 11) is 0. The summed E-state index contributed by atoms with van der Waals surface area (Å²) in [5, 5.41) is 20.9. The number of hydrogen-bond acceptors (Lipinski definition) is 7. The minimum atomic E-state index is -1.02. The third kappa shape index (κ3) is 4.91. The molecule has 0 unspecified atom stereocenters. The monoisotopic (exact) mass is 474 g/mol. The number of carboxylic acids is 1. The molecule has 1 saturated heterocycles. The zero-order valence-corrected chi connectivity index (χ0v) is 19.9. The van der Waals surface area contributed by atoms with Gasteiger partial charge in [0.25, 0.3) is 0 Å². The number of hydrogen-bond donors (Lipinski definition) is 4. The number of carbonyl (C=O) groups is 1. The van der Waals surface area contributed by atoms with Crippen LogP contribution in [0.25, 0.3) is 11.0 Å². The van der Waals surface area contributed by atoms with Crippen LogP contribution in [0.15, 0.2) is 63.4 Å². The Labute approximate surface area is 203 Å². The zero-order chi connectivity index (χ0) is 25.1. The lowest BCUT2D eigenvalue weighted by Gasteiger charge is -2.33. The number of fused-ring (bicyclic) bond motifs is 1. The van der Waals surface area contributed by atoms with Crippen molar-refractivity contribution in [3.8, 4) is 0 Å². The molecule has 2 heterocycles. The average molecular weight is 475 g/mol. The number of para-hydroxylation sites is 1. The molecular formula is C27H30N4O4. The van der Waals surface area contributed by atoms with Gasteiger partial charge in [0.05, 0.1) is 17.0 Å². The summed E-state index contributed by atoms with van der Waals surface area (Å²) < 4.78 is 6.36. The molecule has 8 nitrogen and oxygen atoms in total. The highest BCUT2D eigenvalue weighted by atomic mass is 16.4. The van der Waals surface area contributed by atoms with Crippen LogP contribution in [0.4, 0.5) is 11.6 Å². The summed E-state index contributed by atoms with van der Waals surface area (Å²) in [6.45, 7) is 5.18. The third-order valence-corrected chi connectivity index (χ3v) is 6.55. The van der Waals surface area contributed by atoms with Crippen LogP contribution in [0.1, 0.15) is 47.3 Å². The maximum atomic E-state index is 13.1. The van der Waals surface area contributed by atoms with E-state index in [9.17, 15) is 14.7 Å². The van der Waals surface area contributed by atoms with Gasteiger partial charge in [-0.25, -0.2) is 4.79 Å². The zero-order valence-electron chi connectivity index (χ0n) is 19.9. The Morgan fingerprint density at radius 3 is 2.80 bits per heavy atom. The van der Waals surface area contributed by atoms with Crippen LogP contribution >= 0.6 is 0 Å². The van der Waals surface area contributed by atoms with Gasteiger partial charge in [-0.2, -0.15) is 0 Å². The highest BCUT2D eigenvalue weighted by Gasteiger charge is 2.25. The fraction of sp³-hybridized carbons (Fsp3) is 0.296. The molecule has 0 aliphatic carbocycles. The van der Waals surface area contributed by atoms with Gasteiger partial charge in [0, 0.05) is 42.5 Å². The number of nitrogens with zero attached hydrogens (tertiary/aromatic N) is 1. The summed E-state index contributed by atoms with van der Waals surface area (Å²) in [6.07, 6.45) is 4.57. The van der Waals surface area contributed by atoms with Crippen molar-refractivity contribution in [2.45, 2.75) is 32.7 Å². The molecule has 182 valence electrons. The van der Waals surface area contributed by atoms with E-state index in [1.54, 1.807) is 24.3 Å². The summed E-state index contributed by atoms with van der Waals surface area (Å²) >= 11 is 0. The fourth-order valence-electron chi connectivity index (χ4n) is 4.76. The second-order valence-electron chi connectivity index (χ2n) is 8.99. The second-order valence-corrected chi connectivity index (χ2v) is 8.99. The van der Waals surface area contributed by atoms with Crippen LogP contribution < -0.4 is 21.4 Å². The smallest absolute Gasteiger partial charge is 0.337 e. The van der Waals surface area contributed by atoms with Gasteiger partial charge in [0.15, 0.2) is 11.3 Å². The first-order valence-corrected chi connectivity index (χ1v) is 11.7. The SMILES string of the molecule is Cc1cc([C@@H](C)Nc2ccccc2C(=O)O)c2oc(N3CCC[C@H](/C(C=N)=C/N)C3)cc(=O)c2c1. The molecule has 1 fully saturated rings.